The van der Waals surface area contributed by atoms with Gasteiger partial charge in [-0.05, 0) is 80.5 Å². The van der Waals surface area contributed by atoms with Gasteiger partial charge >= 0.3 is 18.3 Å². The van der Waals surface area contributed by atoms with E-state index in [0.29, 0.717) is 30.9 Å². The number of hydrogen-bond acceptors (Lipinski definition) is 4. The number of carbonyl (C=O) groups is 1. The van der Waals surface area contributed by atoms with Crippen molar-refractivity contribution in [2.45, 2.75) is 57.5 Å². The molecule has 208 valence electrons. The number of alkyl halides is 6. The highest BCUT2D eigenvalue weighted by Crippen LogP contribution is 2.36. The van der Waals surface area contributed by atoms with Crippen LogP contribution in [0, 0.1) is 0 Å². The van der Waals surface area contributed by atoms with Crippen molar-refractivity contribution < 1.29 is 45.3 Å². The second-order valence-electron chi connectivity index (χ2n) is 8.41. The van der Waals surface area contributed by atoms with Crippen LogP contribution in [0.25, 0.3) is 0 Å². The van der Waals surface area contributed by atoms with Gasteiger partial charge in [-0.3, -0.25) is 0 Å². The standard InChI is InChI=1S/C28H30F6O4/c1-3-5-7-9-13-36-23-11-12-25(37-14-10-8-6-4-2)24(18-23)26(35)38-19-20-15-21(27(29,30)31)17-22(16-20)28(32,33)34/h3-4,11-12,15-18H,1-2,5-10,13-14,19H2. The smallest absolute Gasteiger partial charge is 0.416 e. The third-order valence-corrected chi connectivity index (χ3v) is 5.32. The Morgan fingerprint density at radius 3 is 1.84 bits per heavy atom. The third-order valence-electron chi connectivity index (χ3n) is 5.32. The Morgan fingerprint density at radius 2 is 1.32 bits per heavy atom. The quantitative estimate of drug-likeness (QED) is 0.0976. The summed E-state index contributed by atoms with van der Waals surface area (Å²) in [5, 5.41) is 0. The maximum absolute atomic E-state index is 13.1. The number of allylic oxidation sites excluding steroid dienone is 2. The van der Waals surface area contributed by atoms with E-state index in [9.17, 15) is 31.1 Å². The molecule has 0 aromatic heterocycles. The van der Waals surface area contributed by atoms with Crippen LogP contribution in [0.1, 0.15) is 65.6 Å². The van der Waals surface area contributed by atoms with E-state index in [4.69, 9.17) is 14.2 Å². The van der Waals surface area contributed by atoms with Gasteiger partial charge in [-0.25, -0.2) is 4.79 Å². The van der Waals surface area contributed by atoms with E-state index in [1.54, 1.807) is 18.2 Å². The van der Waals surface area contributed by atoms with E-state index in [1.165, 1.54) is 12.1 Å². The maximum Gasteiger partial charge on any atom is 0.416 e. The van der Waals surface area contributed by atoms with E-state index in [1.807, 2.05) is 0 Å². The van der Waals surface area contributed by atoms with Crippen LogP contribution in [0.4, 0.5) is 26.3 Å². The molecule has 0 atom stereocenters. The van der Waals surface area contributed by atoms with Gasteiger partial charge < -0.3 is 14.2 Å². The minimum Gasteiger partial charge on any atom is -0.494 e. The number of benzene rings is 2. The Labute approximate surface area is 217 Å². The minimum absolute atomic E-state index is 0.0134. The molecule has 0 saturated heterocycles. The predicted octanol–water partition coefficient (Wildman–Crippen LogP) is 8.55. The molecule has 2 rings (SSSR count). The predicted molar refractivity (Wildman–Crippen MR) is 131 cm³/mol. The van der Waals surface area contributed by atoms with Crippen LogP contribution in [0.15, 0.2) is 61.7 Å². The first-order chi connectivity index (χ1) is 18.0. The van der Waals surface area contributed by atoms with E-state index < -0.39 is 41.6 Å². The van der Waals surface area contributed by atoms with Gasteiger partial charge in [-0.1, -0.05) is 12.2 Å². The molecule has 0 aliphatic heterocycles. The zero-order valence-electron chi connectivity index (χ0n) is 20.8. The Kier molecular flexibility index (Phi) is 11.7. The summed E-state index contributed by atoms with van der Waals surface area (Å²) in [6.45, 7) is 7.13. The number of carbonyl (C=O) groups excluding carboxylic acids is 1. The molecule has 0 spiro atoms. The maximum atomic E-state index is 13.1. The van der Waals surface area contributed by atoms with Crippen LogP contribution in [-0.2, 0) is 23.7 Å². The molecule has 0 saturated carbocycles. The van der Waals surface area contributed by atoms with Gasteiger partial charge in [0, 0.05) is 0 Å². The van der Waals surface area contributed by atoms with Crippen LogP contribution in [0.3, 0.4) is 0 Å². The van der Waals surface area contributed by atoms with Crippen molar-refractivity contribution >= 4 is 5.97 Å². The molecule has 0 radical (unpaired) electrons. The molecule has 10 heteroatoms. The van der Waals surface area contributed by atoms with Crippen LogP contribution < -0.4 is 9.47 Å². The van der Waals surface area contributed by atoms with Crippen LogP contribution in [0.5, 0.6) is 11.5 Å². The van der Waals surface area contributed by atoms with Crippen LogP contribution >= 0.6 is 0 Å². The van der Waals surface area contributed by atoms with Gasteiger partial charge in [-0.15, -0.1) is 13.2 Å². The lowest BCUT2D eigenvalue weighted by molar-refractivity contribution is -0.143. The van der Waals surface area contributed by atoms with Gasteiger partial charge in [-0.2, -0.15) is 26.3 Å². The number of unbranched alkanes of at least 4 members (excludes halogenated alkanes) is 4. The average Bonchev–Trinajstić information content (AvgIpc) is 2.86. The number of halogens is 6. The molecule has 2 aromatic carbocycles. The molecule has 4 nitrogen and oxygen atoms in total. The summed E-state index contributed by atoms with van der Waals surface area (Å²) in [6, 6.07) is 5.54. The number of hydrogen-bond donors (Lipinski definition) is 0. The largest absolute Gasteiger partial charge is 0.494 e. The molecular formula is C28H30F6O4. The third kappa shape index (κ3) is 10.1. The Hall–Kier alpha value is -3.43. The summed E-state index contributed by atoms with van der Waals surface area (Å²) in [5.41, 5.74) is -3.50. The molecule has 0 bridgehead atoms. The molecule has 38 heavy (non-hydrogen) atoms. The summed E-state index contributed by atoms with van der Waals surface area (Å²) in [5.74, 6) is -0.477. The first-order valence-corrected chi connectivity index (χ1v) is 12.0. The molecule has 0 heterocycles. The molecule has 2 aromatic rings. The first-order valence-electron chi connectivity index (χ1n) is 12.0. The Balaban J connectivity index is 2.22. The Morgan fingerprint density at radius 1 is 0.763 bits per heavy atom. The molecule has 0 N–H and O–H groups in total. The monoisotopic (exact) mass is 544 g/mol. The topological polar surface area (TPSA) is 44.8 Å². The van der Waals surface area contributed by atoms with E-state index in [-0.39, 0.29) is 24.0 Å². The van der Waals surface area contributed by atoms with Gasteiger partial charge in [0.2, 0.25) is 0 Å². The second kappa shape index (κ2) is 14.5. The summed E-state index contributed by atoms with van der Waals surface area (Å²) in [6.07, 6.45) is -1.77. The molecule has 0 amide bonds. The molecule has 0 fully saturated rings. The summed E-state index contributed by atoms with van der Waals surface area (Å²) in [4.78, 5) is 12.9. The van der Waals surface area contributed by atoms with Crippen molar-refractivity contribution in [1.82, 2.24) is 0 Å². The highest BCUT2D eigenvalue weighted by molar-refractivity contribution is 5.93. The van der Waals surface area contributed by atoms with Crippen molar-refractivity contribution in [1.29, 1.82) is 0 Å². The summed E-state index contributed by atoms with van der Waals surface area (Å²) >= 11 is 0. The lowest BCUT2D eigenvalue weighted by Gasteiger charge is -2.16. The summed E-state index contributed by atoms with van der Waals surface area (Å²) in [7, 11) is 0. The zero-order valence-corrected chi connectivity index (χ0v) is 20.8. The SMILES string of the molecule is C=CCCCCOc1ccc(OCCCCC=C)c(C(=O)OCc2cc(C(F)(F)F)cc(C(F)(F)F)c2)c1. The van der Waals surface area contributed by atoms with Crippen molar-refractivity contribution in [3.05, 3.63) is 84.0 Å². The number of ether oxygens (including phenoxy) is 3. The molecule has 0 aliphatic rings. The number of rotatable bonds is 15. The van der Waals surface area contributed by atoms with Gasteiger partial charge in [0.05, 0.1) is 24.3 Å². The zero-order chi connectivity index (χ0) is 28.2. The van der Waals surface area contributed by atoms with E-state index >= 15 is 0 Å². The average molecular weight is 545 g/mol. The fourth-order valence-corrected chi connectivity index (χ4v) is 3.37. The second-order valence-corrected chi connectivity index (χ2v) is 8.41. The van der Waals surface area contributed by atoms with Crippen LogP contribution in [0.2, 0.25) is 0 Å². The van der Waals surface area contributed by atoms with Crippen molar-refractivity contribution in [2.24, 2.45) is 0 Å². The van der Waals surface area contributed by atoms with E-state index in [2.05, 4.69) is 13.2 Å². The fraction of sp³-hybridized carbons (Fsp3) is 0.393. The Bertz CT molecular complexity index is 1040. The van der Waals surface area contributed by atoms with Gasteiger partial charge in [0.1, 0.15) is 23.7 Å². The van der Waals surface area contributed by atoms with Gasteiger partial charge in [0.25, 0.3) is 0 Å². The minimum atomic E-state index is -5.01. The highest BCUT2D eigenvalue weighted by atomic mass is 19.4. The molecule has 0 unspecified atom stereocenters. The summed E-state index contributed by atoms with van der Waals surface area (Å²) < 4.78 is 95.4. The molecular weight excluding hydrogens is 514 g/mol. The number of esters is 1. The van der Waals surface area contributed by atoms with Crippen molar-refractivity contribution in [3.8, 4) is 11.5 Å². The highest BCUT2D eigenvalue weighted by Gasteiger charge is 2.37. The van der Waals surface area contributed by atoms with Crippen molar-refractivity contribution in [3.63, 3.8) is 0 Å². The lowest BCUT2D eigenvalue weighted by Crippen LogP contribution is -2.13. The fourth-order valence-electron chi connectivity index (χ4n) is 3.37. The van der Waals surface area contributed by atoms with Crippen LogP contribution in [-0.4, -0.2) is 19.2 Å². The van der Waals surface area contributed by atoms with E-state index in [0.717, 1.165) is 32.1 Å². The normalized spacial score (nSPS) is 11.6. The van der Waals surface area contributed by atoms with Crippen molar-refractivity contribution in [2.75, 3.05) is 13.2 Å². The van der Waals surface area contributed by atoms with Gasteiger partial charge in [0.15, 0.2) is 0 Å². The first kappa shape index (κ1) is 30.8. The lowest BCUT2D eigenvalue weighted by atomic mass is 10.1. The molecule has 0 aliphatic carbocycles.